The molecule has 1 unspecified atom stereocenters. The Hall–Kier alpha value is -1.26. The average molecular weight is 377 g/mol. The van der Waals surface area contributed by atoms with Gasteiger partial charge in [0.1, 0.15) is 5.60 Å². The quantitative estimate of drug-likeness (QED) is 0.750. The second-order valence-electron chi connectivity index (χ2n) is 10.7. The number of nitrogens with zero attached hydrogens (tertiary/aromatic N) is 2. The van der Waals surface area contributed by atoms with Crippen molar-refractivity contribution in [2.24, 2.45) is 29.6 Å². The summed E-state index contributed by atoms with van der Waals surface area (Å²) in [6.45, 7) is 7.07. The SMILES string of the molecule is CN(C(=O)OC(C)(C)C)C1CCN(C(=O)CC2C3CC4CC(C3)CC2C4)C1. The number of hydrogen-bond donors (Lipinski definition) is 0. The summed E-state index contributed by atoms with van der Waals surface area (Å²) in [5, 5.41) is 0. The summed E-state index contributed by atoms with van der Waals surface area (Å²) in [6.07, 6.45) is 8.23. The molecule has 1 saturated heterocycles. The minimum atomic E-state index is -0.487. The molecule has 152 valence electrons. The summed E-state index contributed by atoms with van der Waals surface area (Å²) in [7, 11) is 1.80. The van der Waals surface area contributed by atoms with Crippen molar-refractivity contribution in [3.05, 3.63) is 0 Å². The molecule has 4 saturated carbocycles. The van der Waals surface area contributed by atoms with Crippen LogP contribution >= 0.6 is 0 Å². The number of rotatable bonds is 3. The minimum Gasteiger partial charge on any atom is -0.444 e. The third kappa shape index (κ3) is 3.97. The Balaban J connectivity index is 1.30. The zero-order chi connectivity index (χ0) is 19.3. The molecule has 4 aliphatic carbocycles. The predicted molar refractivity (Wildman–Crippen MR) is 104 cm³/mol. The van der Waals surface area contributed by atoms with Crippen molar-refractivity contribution in [3.63, 3.8) is 0 Å². The van der Waals surface area contributed by atoms with Crippen molar-refractivity contribution in [1.82, 2.24) is 9.80 Å². The van der Waals surface area contributed by atoms with Crippen LogP contribution in [0.25, 0.3) is 0 Å². The fourth-order valence-corrected chi connectivity index (χ4v) is 6.47. The maximum Gasteiger partial charge on any atom is 0.410 e. The van der Waals surface area contributed by atoms with Gasteiger partial charge in [-0.2, -0.15) is 0 Å². The highest BCUT2D eigenvalue weighted by atomic mass is 16.6. The van der Waals surface area contributed by atoms with Crippen molar-refractivity contribution < 1.29 is 14.3 Å². The van der Waals surface area contributed by atoms with Crippen LogP contribution in [0, 0.1) is 29.6 Å². The summed E-state index contributed by atoms with van der Waals surface area (Å²) >= 11 is 0. The Labute approximate surface area is 163 Å². The molecule has 1 heterocycles. The molecule has 0 aromatic rings. The smallest absolute Gasteiger partial charge is 0.410 e. The van der Waals surface area contributed by atoms with Crippen molar-refractivity contribution in [2.75, 3.05) is 20.1 Å². The zero-order valence-electron chi connectivity index (χ0n) is 17.4. The maximum absolute atomic E-state index is 13.0. The molecule has 5 aliphatic rings. The molecule has 5 nitrogen and oxygen atoms in total. The molecular weight excluding hydrogens is 340 g/mol. The van der Waals surface area contributed by atoms with Crippen LogP contribution in [0.1, 0.15) is 65.7 Å². The first-order valence-electron chi connectivity index (χ1n) is 10.9. The van der Waals surface area contributed by atoms with Crippen LogP contribution < -0.4 is 0 Å². The van der Waals surface area contributed by atoms with Gasteiger partial charge < -0.3 is 14.5 Å². The van der Waals surface area contributed by atoms with Gasteiger partial charge in [-0.3, -0.25) is 4.79 Å². The van der Waals surface area contributed by atoms with Crippen LogP contribution in [-0.4, -0.2) is 53.6 Å². The largest absolute Gasteiger partial charge is 0.444 e. The van der Waals surface area contributed by atoms with Gasteiger partial charge in [0.2, 0.25) is 5.91 Å². The van der Waals surface area contributed by atoms with Crippen LogP contribution in [0.3, 0.4) is 0 Å². The molecule has 0 N–H and O–H groups in total. The number of hydrogen-bond acceptors (Lipinski definition) is 3. The van der Waals surface area contributed by atoms with Crippen LogP contribution in [0.4, 0.5) is 4.79 Å². The first-order valence-corrected chi connectivity index (χ1v) is 10.9. The second-order valence-corrected chi connectivity index (χ2v) is 10.7. The van der Waals surface area contributed by atoms with Gasteiger partial charge in [0.25, 0.3) is 0 Å². The lowest BCUT2D eigenvalue weighted by atomic mass is 9.51. The van der Waals surface area contributed by atoms with Gasteiger partial charge >= 0.3 is 6.09 Å². The van der Waals surface area contributed by atoms with E-state index < -0.39 is 5.60 Å². The molecule has 1 atom stereocenters. The lowest BCUT2D eigenvalue weighted by Crippen LogP contribution is -2.47. The van der Waals surface area contributed by atoms with E-state index in [1.54, 1.807) is 11.9 Å². The standard InChI is InChI=1S/C22H36N2O3/c1-22(2,3)27-21(26)23(4)18-5-6-24(13-18)20(25)12-19-16-8-14-7-15(10-16)11-17(19)9-14/h14-19H,5-13H2,1-4H3. The Morgan fingerprint density at radius 3 is 2.19 bits per heavy atom. The van der Waals surface area contributed by atoms with Crippen molar-refractivity contribution in [1.29, 1.82) is 0 Å². The molecular formula is C22H36N2O3. The van der Waals surface area contributed by atoms with Gasteiger partial charge in [0, 0.05) is 26.6 Å². The summed E-state index contributed by atoms with van der Waals surface area (Å²) < 4.78 is 5.48. The second kappa shape index (κ2) is 6.97. The van der Waals surface area contributed by atoms with Crippen LogP contribution in [0.5, 0.6) is 0 Å². The van der Waals surface area contributed by atoms with E-state index in [0.29, 0.717) is 18.4 Å². The molecule has 0 radical (unpaired) electrons. The number of ether oxygens (including phenoxy) is 1. The Bertz CT molecular complexity index is 569. The van der Waals surface area contributed by atoms with Crippen molar-refractivity contribution in [3.8, 4) is 0 Å². The number of carbonyl (C=O) groups excluding carboxylic acids is 2. The molecule has 4 bridgehead atoms. The fraction of sp³-hybridized carbons (Fsp3) is 0.909. The first kappa shape index (κ1) is 19.1. The number of carbonyl (C=O) groups is 2. The van der Waals surface area contributed by atoms with Gasteiger partial charge in [-0.05, 0) is 88.9 Å². The van der Waals surface area contributed by atoms with Gasteiger partial charge in [-0.25, -0.2) is 4.79 Å². The van der Waals surface area contributed by atoms with Gasteiger partial charge in [0.15, 0.2) is 0 Å². The maximum atomic E-state index is 13.0. The van der Waals surface area contributed by atoms with Crippen molar-refractivity contribution >= 4 is 12.0 Å². The normalized spacial score (nSPS) is 37.6. The Morgan fingerprint density at radius 1 is 1.04 bits per heavy atom. The molecule has 0 aromatic carbocycles. The molecule has 1 aliphatic heterocycles. The van der Waals surface area contributed by atoms with E-state index in [2.05, 4.69) is 0 Å². The molecule has 5 rings (SSSR count). The van der Waals surface area contributed by atoms with E-state index >= 15 is 0 Å². The third-order valence-electron chi connectivity index (χ3n) is 7.58. The average Bonchev–Trinajstić information content (AvgIpc) is 3.05. The monoisotopic (exact) mass is 376 g/mol. The van der Waals surface area contributed by atoms with E-state index in [-0.39, 0.29) is 12.1 Å². The van der Waals surface area contributed by atoms with Gasteiger partial charge in [-0.1, -0.05) is 0 Å². The zero-order valence-corrected chi connectivity index (χ0v) is 17.4. The molecule has 0 aromatic heterocycles. The number of likely N-dealkylation sites (N-methyl/N-ethyl adjacent to an activating group) is 1. The minimum absolute atomic E-state index is 0.0716. The molecule has 27 heavy (non-hydrogen) atoms. The Kier molecular flexibility index (Phi) is 4.92. The van der Waals surface area contributed by atoms with Gasteiger partial charge in [-0.15, -0.1) is 0 Å². The van der Waals surface area contributed by atoms with E-state index in [1.807, 2.05) is 25.7 Å². The van der Waals surface area contributed by atoms with Crippen LogP contribution in [0.15, 0.2) is 0 Å². The fourth-order valence-electron chi connectivity index (χ4n) is 6.47. The number of likely N-dealkylation sites (tertiary alicyclic amines) is 1. The summed E-state index contributed by atoms with van der Waals surface area (Å²) in [6, 6.07) is 0.0716. The topological polar surface area (TPSA) is 49.9 Å². The van der Waals surface area contributed by atoms with E-state index in [9.17, 15) is 9.59 Å². The van der Waals surface area contributed by atoms with E-state index in [4.69, 9.17) is 4.74 Å². The van der Waals surface area contributed by atoms with Gasteiger partial charge in [0.05, 0.1) is 6.04 Å². The van der Waals surface area contributed by atoms with Crippen LogP contribution in [-0.2, 0) is 9.53 Å². The molecule has 0 spiro atoms. The summed E-state index contributed by atoms with van der Waals surface area (Å²) in [5.74, 6) is 4.44. The molecule has 5 fully saturated rings. The third-order valence-corrected chi connectivity index (χ3v) is 7.58. The lowest BCUT2D eigenvalue weighted by molar-refractivity contribution is -0.135. The predicted octanol–water partition coefficient (Wildman–Crippen LogP) is 3.92. The Morgan fingerprint density at radius 2 is 1.63 bits per heavy atom. The van der Waals surface area contributed by atoms with Crippen LogP contribution in [0.2, 0.25) is 0 Å². The molecule has 2 amide bonds. The first-order chi connectivity index (χ1) is 12.7. The van der Waals surface area contributed by atoms with E-state index in [0.717, 1.165) is 43.1 Å². The lowest BCUT2D eigenvalue weighted by Gasteiger charge is -2.54. The number of amides is 2. The molecule has 5 heteroatoms. The highest BCUT2D eigenvalue weighted by Crippen LogP contribution is 2.57. The summed E-state index contributed by atoms with van der Waals surface area (Å²) in [4.78, 5) is 29.0. The van der Waals surface area contributed by atoms with Crippen molar-refractivity contribution in [2.45, 2.75) is 77.4 Å². The van der Waals surface area contributed by atoms with E-state index in [1.165, 1.54) is 32.1 Å². The highest BCUT2D eigenvalue weighted by Gasteiger charge is 2.49. The summed E-state index contributed by atoms with van der Waals surface area (Å²) in [5.41, 5.74) is -0.487. The highest BCUT2D eigenvalue weighted by molar-refractivity contribution is 5.77.